The van der Waals surface area contributed by atoms with Gasteiger partial charge in [-0.25, -0.2) is 13.1 Å². The van der Waals surface area contributed by atoms with Gasteiger partial charge in [0.15, 0.2) is 0 Å². The zero-order chi connectivity index (χ0) is 20.4. The van der Waals surface area contributed by atoms with Crippen molar-refractivity contribution in [2.45, 2.75) is 75.7 Å². The number of para-hydroxylation sites is 1. The molecule has 162 valence electrons. The van der Waals surface area contributed by atoms with Crippen LogP contribution in [-0.4, -0.2) is 63.6 Å². The number of benzene rings is 1. The van der Waals surface area contributed by atoms with Crippen LogP contribution in [0.5, 0.6) is 5.75 Å². The summed E-state index contributed by atoms with van der Waals surface area (Å²) in [4.78, 5) is 2.37. The van der Waals surface area contributed by atoms with Crippen molar-refractivity contribution < 1.29 is 17.9 Å². The van der Waals surface area contributed by atoms with Crippen LogP contribution in [-0.2, 0) is 14.8 Å². The van der Waals surface area contributed by atoms with Crippen LogP contribution in [0.15, 0.2) is 24.3 Å². The van der Waals surface area contributed by atoms with Crippen molar-refractivity contribution in [3.8, 4) is 5.75 Å². The summed E-state index contributed by atoms with van der Waals surface area (Å²) in [6.45, 7) is 4.39. The van der Waals surface area contributed by atoms with Crippen LogP contribution >= 0.6 is 0 Å². The van der Waals surface area contributed by atoms with Gasteiger partial charge >= 0.3 is 0 Å². The first-order valence-electron chi connectivity index (χ1n) is 11.0. The highest BCUT2D eigenvalue weighted by molar-refractivity contribution is 7.88. The molecule has 3 heterocycles. The molecule has 6 nitrogen and oxygen atoms in total. The van der Waals surface area contributed by atoms with Gasteiger partial charge in [-0.1, -0.05) is 18.2 Å². The summed E-state index contributed by atoms with van der Waals surface area (Å²) in [6.07, 6.45) is 7.67. The van der Waals surface area contributed by atoms with Gasteiger partial charge < -0.3 is 9.47 Å². The van der Waals surface area contributed by atoms with Crippen molar-refractivity contribution in [2.24, 2.45) is 0 Å². The van der Waals surface area contributed by atoms with Gasteiger partial charge in [0, 0.05) is 18.6 Å². The fourth-order valence-electron chi connectivity index (χ4n) is 5.27. The molecule has 7 heteroatoms. The lowest BCUT2D eigenvalue weighted by Gasteiger charge is -2.42. The SMILES string of the molecule is C[C@@H]1CN2CCC[C@H](NS(C)(=O)=O)[C@@H]2CO[C@H]2CC[C@H](CC2)c2ccccc2O1. The second kappa shape index (κ2) is 8.92. The van der Waals surface area contributed by atoms with Crippen LogP contribution in [0.3, 0.4) is 0 Å². The van der Waals surface area contributed by atoms with Crippen LogP contribution < -0.4 is 9.46 Å². The highest BCUT2D eigenvalue weighted by atomic mass is 32.2. The van der Waals surface area contributed by atoms with Crippen molar-refractivity contribution in [2.75, 3.05) is 26.0 Å². The average Bonchev–Trinajstić information content (AvgIpc) is 2.68. The molecule has 29 heavy (non-hydrogen) atoms. The van der Waals surface area contributed by atoms with Crippen molar-refractivity contribution in [1.82, 2.24) is 9.62 Å². The fourth-order valence-corrected chi connectivity index (χ4v) is 6.10. The molecule has 0 aromatic heterocycles. The summed E-state index contributed by atoms with van der Waals surface area (Å²) in [7, 11) is -3.26. The Morgan fingerprint density at radius 3 is 2.62 bits per heavy atom. The van der Waals surface area contributed by atoms with Gasteiger partial charge in [0.05, 0.1) is 19.0 Å². The van der Waals surface area contributed by atoms with Crippen molar-refractivity contribution in [3.63, 3.8) is 0 Å². The Balaban J connectivity index is 1.60. The summed E-state index contributed by atoms with van der Waals surface area (Å²) in [5, 5.41) is 0. The van der Waals surface area contributed by atoms with Gasteiger partial charge in [0.2, 0.25) is 10.0 Å². The Bertz CT molecular complexity index is 792. The van der Waals surface area contributed by atoms with Crippen molar-refractivity contribution >= 4 is 10.0 Å². The van der Waals surface area contributed by atoms with Gasteiger partial charge in [0.1, 0.15) is 11.9 Å². The molecule has 3 atom stereocenters. The van der Waals surface area contributed by atoms with E-state index < -0.39 is 10.0 Å². The second-order valence-corrected chi connectivity index (χ2v) is 10.8. The summed E-state index contributed by atoms with van der Waals surface area (Å²) in [5.41, 5.74) is 1.32. The maximum absolute atomic E-state index is 11.9. The minimum absolute atomic E-state index is 0.0218. The van der Waals surface area contributed by atoms with E-state index in [-0.39, 0.29) is 24.3 Å². The topological polar surface area (TPSA) is 67.9 Å². The maximum Gasteiger partial charge on any atom is 0.209 e. The van der Waals surface area contributed by atoms with E-state index in [1.54, 1.807) is 0 Å². The second-order valence-electron chi connectivity index (χ2n) is 8.97. The smallest absolute Gasteiger partial charge is 0.209 e. The van der Waals surface area contributed by atoms with E-state index in [1.165, 1.54) is 11.8 Å². The number of hydrogen-bond donors (Lipinski definition) is 1. The summed E-state index contributed by atoms with van der Waals surface area (Å²) < 4.78 is 39.5. The highest BCUT2D eigenvalue weighted by Gasteiger charge is 2.36. The molecule has 2 bridgehead atoms. The molecule has 1 N–H and O–H groups in total. The molecule has 0 radical (unpaired) electrons. The predicted octanol–water partition coefficient (Wildman–Crippen LogP) is 2.89. The molecule has 5 rings (SSSR count). The van der Waals surface area contributed by atoms with E-state index in [2.05, 4.69) is 34.7 Å². The molecule has 1 saturated carbocycles. The lowest BCUT2D eigenvalue weighted by molar-refractivity contribution is -0.0323. The van der Waals surface area contributed by atoms with E-state index in [0.29, 0.717) is 12.5 Å². The molecular weight excluding hydrogens is 388 g/mol. The molecule has 0 unspecified atom stereocenters. The lowest BCUT2D eigenvalue weighted by atomic mass is 9.82. The van der Waals surface area contributed by atoms with E-state index in [1.807, 2.05) is 6.07 Å². The Kier molecular flexibility index (Phi) is 6.49. The molecule has 0 spiro atoms. The average molecular weight is 423 g/mol. The normalized spacial score (nSPS) is 34.1. The third-order valence-electron chi connectivity index (χ3n) is 6.61. The minimum atomic E-state index is -3.26. The van der Waals surface area contributed by atoms with Crippen LogP contribution in [0.4, 0.5) is 0 Å². The van der Waals surface area contributed by atoms with E-state index >= 15 is 0 Å². The van der Waals surface area contributed by atoms with Crippen LogP contribution in [0.1, 0.15) is 56.9 Å². The Hall–Kier alpha value is -1.15. The largest absolute Gasteiger partial charge is 0.489 e. The molecule has 1 aliphatic carbocycles. The number of ether oxygens (including phenoxy) is 2. The van der Waals surface area contributed by atoms with Crippen molar-refractivity contribution in [1.29, 1.82) is 0 Å². The number of sulfonamides is 1. The van der Waals surface area contributed by atoms with Gasteiger partial charge in [0.25, 0.3) is 0 Å². The molecule has 4 aliphatic rings. The van der Waals surface area contributed by atoms with E-state index in [9.17, 15) is 8.42 Å². The Labute approximate surface area is 175 Å². The van der Waals surface area contributed by atoms with Crippen LogP contribution in [0.25, 0.3) is 0 Å². The Morgan fingerprint density at radius 1 is 1.10 bits per heavy atom. The first kappa shape index (κ1) is 21.1. The number of piperidine rings is 1. The lowest BCUT2D eigenvalue weighted by Crippen LogP contribution is -2.58. The van der Waals surface area contributed by atoms with Gasteiger partial charge in [-0.3, -0.25) is 4.90 Å². The maximum atomic E-state index is 11.9. The van der Waals surface area contributed by atoms with E-state index in [0.717, 1.165) is 57.4 Å². The van der Waals surface area contributed by atoms with Gasteiger partial charge in [-0.05, 0) is 69.5 Å². The van der Waals surface area contributed by atoms with E-state index in [4.69, 9.17) is 9.47 Å². The van der Waals surface area contributed by atoms with Crippen LogP contribution in [0.2, 0.25) is 0 Å². The minimum Gasteiger partial charge on any atom is -0.489 e. The predicted molar refractivity (Wildman–Crippen MR) is 114 cm³/mol. The highest BCUT2D eigenvalue weighted by Crippen LogP contribution is 2.39. The van der Waals surface area contributed by atoms with Crippen molar-refractivity contribution in [3.05, 3.63) is 29.8 Å². The third-order valence-corrected chi connectivity index (χ3v) is 7.35. The molecule has 1 saturated heterocycles. The zero-order valence-corrected chi connectivity index (χ0v) is 18.4. The van der Waals surface area contributed by atoms with Gasteiger partial charge in [-0.2, -0.15) is 0 Å². The molecule has 3 aliphatic heterocycles. The monoisotopic (exact) mass is 422 g/mol. The van der Waals surface area contributed by atoms with Crippen LogP contribution in [0, 0.1) is 0 Å². The quantitative estimate of drug-likeness (QED) is 0.794. The molecular formula is C22H34N2O4S. The first-order chi connectivity index (χ1) is 13.9. The molecule has 1 aromatic carbocycles. The third kappa shape index (κ3) is 5.32. The first-order valence-corrected chi connectivity index (χ1v) is 12.9. The standard InChI is InChI=1S/C22H34N2O4S/c1-16-14-24-13-5-7-20(23-29(2,25)26)21(24)15-27-18-11-9-17(10-12-18)19-6-3-4-8-22(19)28-16/h3-4,6,8,16-18,20-21,23H,5,7,9-15H2,1-2H3/t16-,17-,18+,20+,21+/m1/s1. The summed E-state index contributed by atoms with van der Waals surface area (Å²) in [6, 6.07) is 8.39. The zero-order valence-electron chi connectivity index (χ0n) is 17.5. The fraction of sp³-hybridized carbons (Fsp3) is 0.727. The summed E-state index contributed by atoms with van der Waals surface area (Å²) >= 11 is 0. The summed E-state index contributed by atoms with van der Waals surface area (Å²) in [5.74, 6) is 1.53. The van der Waals surface area contributed by atoms with Gasteiger partial charge in [-0.15, -0.1) is 0 Å². The number of hydrogen-bond acceptors (Lipinski definition) is 5. The molecule has 1 aromatic rings. The number of rotatable bonds is 2. The molecule has 0 amide bonds. The number of fused-ring (bicyclic) bond motifs is 5. The molecule has 2 fully saturated rings. The number of nitrogens with zero attached hydrogens (tertiary/aromatic N) is 1. The Morgan fingerprint density at radius 2 is 1.86 bits per heavy atom. The number of nitrogens with one attached hydrogen (secondary N) is 1.